The Balaban J connectivity index is 1.53. The van der Waals surface area contributed by atoms with Crippen LogP contribution in [0.1, 0.15) is 40.8 Å². The van der Waals surface area contributed by atoms with Gasteiger partial charge >= 0.3 is 0 Å². The molecule has 0 saturated carbocycles. The van der Waals surface area contributed by atoms with Gasteiger partial charge in [0.05, 0.1) is 12.9 Å². The van der Waals surface area contributed by atoms with Crippen molar-refractivity contribution in [2.24, 2.45) is 7.05 Å². The van der Waals surface area contributed by atoms with Crippen molar-refractivity contribution in [2.75, 3.05) is 13.1 Å². The second-order valence-electron chi connectivity index (χ2n) is 6.96. The summed E-state index contributed by atoms with van der Waals surface area (Å²) < 4.78 is 31.8. The van der Waals surface area contributed by atoms with Gasteiger partial charge in [0.25, 0.3) is 5.91 Å². The summed E-state index contributed by atoms with van der Waals surface area (Å²) in [4.78, 5) is 18.2. The average Bonchev–Trinajstić information content (AvgIpc) is 3.32. The molecule has 0 spiro atoms. The molecule has 3 heterocycles. The molecule has 0 radical (unpaired) electrons. The van der Waals surface area contributed by atoms with Crippen LogP contribution in [0.15, 0.2) is 36.9 Å². The number of aromatic nitrogens is 5. The number of imidazole rings is 1. The molecule has 28 heavy (non-hydrogen) atoms. The van der Waals surface area contributed by atoms with Crippen LogP contribution in [0.3, 0.4) is 0 Å². The second-order valence-corrected chi connectivity index (χ2v) is 6.96. The molecule has 1 amide bonds. The fourth-order valence-corrected chi connectivity index (χ4v) is 3.64. The van der Waals surface area contributed by atoms with Crippen LogP contribution < -0.4 is 0 Å². The van der Waals surface area contributed by atoms with E-state index in [0.29, 0.717) is 19.6 Å². The number of carbonyl (C=O) groups excluding carboxylic acids is 1. The molecular formula is C19H20F2N6O. The molecule has 146 valence electrons. The van der Waals surface area contributed by atoms with Crippen molar-refractivity contribution in [3.05, 3.63) is 65.8 Å². The first-order chi connectivity index (χ1) is 13.5. The Bertz CT molecular complexity index is 964. The minimum absolute atomic E-state index is 0.0402. The summed E-state index contributed by atoms with van der Waals surface area (Å²) in [5, 5.41) is 8.58. The summed E-state index contributed by atoms with van der Waals surface area (Å²) in [7, 11) is 1.89. The molecule has 1 aliphatic heterocycles. The number of hydrogen-bond donors (Lipinski definition) is 0. The largest absolute Gasteiger partial charge is 0.338 e. The van der Waals surface area contributed by atoms with E-state index in [9.17, 15) is 13.6 Å². The van der Waals surface area contributed by atoms with Crippen LogP contribution in [-0.4, -0.2) is 48.2 Å². The number of nitrogens with zero attached hydrogens (tertiary/aromatic N) is 6. The first-order valence-electron chi connectivity index (χ1n) is 9.11. The van der Waals surface area contributed by atoms with Gasteiger partial charge in [0.15, 0.2) is 5.82 Å². The Labute approximate surface area is 160 Å². The smallest absolute Gasteiger partial charge is 0.259 e. The number of piperidine rings is 1. The van der Waals surface area contributed by atoms with E-state index in [4.69, 9.17) is 0 Å². The SMILES string of the molecule is Cn1c(Cn2ccnc2)nnc1[C@@H]1CCCN(C(=O)c2c(F)cccc2F)C1. The van der Waals surface area contributed by atoms with E-state index in [-0.39, 0.29) is 5.92 Å². The topological polar surface area (TPSA) is 68.8 Å². The van der Waals surface area contributed by atoms with Crippen LogP contribution in [0.4, 0.5) is 8.78 Å². The van der Waals surface area contributed by atoms with Gasteiger partial charge in [-0.2, -0.15) is 0 Å². The van der Waals surface area contributed by atoms with Crippen LogP contribution in [0, 0.1) is 11.6 Å². The molecule has 0 aliphatic carbocycles. The molecule has 4 rings (SSSR count). The van der Waals surface area contributed by atoms with E-state index in [0.717, 1.165) is 36.6 Å². The molecule has 9 heteroatoms. The van der Waals surface area contributed by atoms with Crippen LogP contribution in [-0.2, 0) is 13.6 Å². The molecule has 0 N–H and O–H groups in total. The molecule has 3 aromatic rings. The number of hydrogen-bond acceptors (Lipinski definition) is 4. The number of halogens is 2. The fourth-order valence-electron chi connectivity index (χ4n) is 3.64. The van der Waals surface area contributed by atoms with Gasteiger partial charge in [0.2, 0.25) is 0 Å². The molecule has 1 atom stereocenters. The molecule has 2 aromatic heterocycles. The zero-order chi connectivity index (χ0) is 19.7. The molecule has 0 bridgehead atoms. The van der Waals surface area contributed by atoms with Crippen molar-refractivity contribution in [1.29, 1.82) is 0 Å². The lowest BCUT2D eigenvalue weighted by Gasteiger charge is -2.32. The minimum atomic E-state index is -0.839. The lowest BCUT2D eigenvalue weighted by Crippen LogP contribution is -2.40. The highest BCUT2D eigenvalue weighted by molar-refractivity contribution is 5.94. The van der Waals surface area contributed by atoms with Crippen LogP contribution in [0.5, 0.6) is 0 Å². The number of amides is 1. The average molecular weight is 386 g/mol. The number of benzene rings is 1. The number of likely N-dealkylation sites (tertiary alicyclic amines) is 1. The van der Waals surface area contributed by atoms with Gasteiger partial charge in [-0.3, -0.25) is 4.79 Å². The number of rotatable bonds is 4. The predicted octanol–water partition coefficient (Wildman–Crippen LogP) is 2.36. The molecule has 7 nitrogen and oxygen atoms in total. The van der Waals surface area contributed by atoms with E-state index < -0.39 is 23.1 Å². The van der Waals surface area contributed by atoms with Gasteiger partial charge in [-0.1, -0.05) is 6.07 Å². The first kappa shape index (κ1) is 18.3. The zero-order valence-corrected chi connectivity index (χ0v) is 15.4. The van der Waals surface area contributed by atoms with E-state index in [1.54, 1.807) is 12.5 Å². The van der Waals surface area contributed by atoms with Crippen molar-refractivity contribution in [1.82, 2.24) is 29.2 Å². The maximum Gasteiger partial charge on any atom is 0.259 e. The molecule has 0 unspecified atom stereocenters. The maximum atomic E-state index is 14.0. The third-order valence-electron chi connectivity index (χ3n) is 5.13. The zero-order valence-electron chi connectivity index (χ0n) is 15.4. The molecule has 1 fully saturated rings. The standard InChI is InChI=1S/C19H20F2N6O/c1-25-16(11-26-9-7-22-12-26)23-24-18(25)13-4-3-8-27(10-13)19(28)17-14(20)5-2-6-15(17)21/h2,5-7,9,12-13H,3-4,8,10-11H2,1H3/t13-/m1/s1. The van der Waals surface area contributed by atoms with Crippen molar-refractivity contribution in [3.63, 3.8) is 0 Å². The highest BCUT2D eigenvalue weighted by atomic mass is 19.1. The summed E-state index contributed by atoms with van der Waals surface area (Å²) in [5.41, 5.74) is -0.498. The van der Waals surface area contributed by atoms with Gasteiger partial charge in [-0.05, 0) is 25.0 Å². The van der Waals surface area contributed by atoms with Gasteiger partial charge in [0, 0.05) is 38.4 Å². The third-order valence-corrected chi connectivity index (χ3v) is 5.13. The van der Waals surface area contributed by atoms with E-state index >= 15 is 0 Å². The highest BCUT2D eigenvalue weighted by Crippen LogP contribution is 2.27. The second kappa shape index (κ2) is 7.49. The van der Waals surface area contributed by atoms with Crippen molar-refractivity contribution in [3.8, 4) is 0 Å². The number of carbonyl (C=O) groups is 1. The van der Waals surface area contributed by atoms with E-state index in [1.165, 1.54) is 11.0 Å². The van der Waals surface area contributed by atoms with Gasteiger partial charge in [-0.15, -0.1) is 10.2 Å². The Kier molecular flexibility index (Phi) is 4.89. The Morgan fingerprint density at radius 1 is 1.25 bits per heavy atom. The highest BCUT2D eigenvalue weighted by Gasteiger charge is 2.31. The first-order valence-corrected chi connectivity index (χ1v) is 9.11. The Morgan fingerprint density at radius 3 is 2.75 bits per heavy atom. The van der Waals surface area contributed by atoms with Crippen LogP contribution >= 0.6 is 0 Å². The normalized spacial score (nSPS) is 17.1. The van der Waals surface area contributed by atoms with E-state index in [2.05, 4.69) is 15.2 Å². The van der Waals surface area contributed by atoms with Gasteiger partial charge in [-0.25, -0.2) is 13.8 Å². The third kappa shape index (κ3) is 3.39. The van der Waals surface area contributed by atoms with Crippen LogP contribution in [0.25, 0.3) is 0 Å². The molecular weight excluding hydrogens is 366 g/mol. The maximum absolute atomic E-state index is 14.0. The van der Waals surface area contributed by atoms with Gasteiger partial charge in [0.1, 0.15) is 23.0 Å². The Morgan fingerprint density at radius 2 is 2.04 bits per heavy atom. The minimum Gasteiger partial charge on any atom is -0.338 e. The lowest BCUT2D eigenvalue weighted by molar-refractivity contribution is 0.0693. The summed E-state index contributed by atoms with van der Waals surface area (Å²) in [6.07, 6.45) is 6.82. The summed E-state index contributed by atoms with van der Waals surface area (Å²) in [5.74, 6) is -0.803. The molecule has 1 aliphatic rings. The Hall–Kier alpha value is -3.10. The van der Waals surface area contributed by atoms with Gasteiger partial charge < -0.3 is 14.0 Å². The van der Waals surface area contributed by atoms with Crippen LogP contribution in [0.2, 0.25) is 0 Å². The van der Waals surface area contributed by atoms with Crippen molar-refractivity contribution < 1.29 is 13.6 Å². The summed E-state index contributed by atoms with van der Waals surface area (Å²) in [6, 6.07) is 3.45. The van der Waals surface area contributed by atoms with Crippen molar-refractivity contribution >= 4 is 5.91 Å². The summed E-state index contributed by atoms with van der Waals surface area (Å²) >= 11 is 0. The quantitative estimate of drug-likeness (QED) is 0.690. The molecule has 1 saturated heterocycles. The predicted molar refractivity (Wildman–Crippen MR) is 96.6 cm³/mol. The fraction of sp³-hybridized carbons (Fsp3) is 0.368. The monoisotopic (exact) mass is 386 g/mol. The summed E-state index contributed by atoms with van der Waals surface area (Å²) in [6.45, 7) is 1.35. The van der Waals surface area contributed by atoms with E-state index in [1.807, 2.05) is 22.4 Å². The molecule has 1 aromatic carbocycles. The lowest BCUT2D eigenvalue weighted by atomic mass is 9.96. The van der Waals surface area contributed by atoms with Crippen molar-refractivity contribution in [2.45, 2.75) is 25.3 Å².